The van der Waals surface area contributed by atoms with Crippen molar-refractivity contribution in [2.45, 2.75) is 63.6 Å². The molecule has 10 rings (SSSR count). The third-order valence-corrected chi connectivity index (χ3v) is 19.0. The molecule has 0 saturated heterocycles. The van der Waals surface area contributed by atoms with Gasteiger partial charge in [0, 0.05) is 19.6 Å². The number of hydrogen-bond donors (Lipinski definition) is 0. The average molecular weight is 1360 g/mol. The van der Waals surface area contributed by atoms with Crippen LogP contribution in [-0.2, 0) is 32.7 Å². The zero-order valence-electron chi connectivity index (χ0n) is 43.8. The third kappa shape index (κ3) is 30.1. The van der Waals surface area contributed by atoms with Crippen molar-refractivity contribution in [2.24, 2.45) is 0 Å². The number of halogens is 18. The van der Waals surface area contributed by atoms with E-state index in [1.807, 2.05) is 11.8 Å². The van der Waals surface area contributed by atoms with Crippen molar-refractivity contribution in [3.63, 3.8) is 0 Å². The van der Waals surface area contributed by atoms with Crippen molar-refractivity contribution >= 4 is 80.7 Å². The van der Waals surface area contributed by atoms with E-state index in [2.05, 4.69) is 285 Å². The first-order valence-electron chi connectivity index (χ1n) is 24.0. The Hall–Kier alpha value is -6.02. The van der Waals surface area contributed by atoms with Crippen LogP contribution in [0, 0.1) is 0 Å². The molecule has 0 saturated carbocycles. The van der Waals surface area contributed by atoms with Gasteiger partial charge in [-0.2, -0.15) is 0 Å². The monoisotopic (exact) mass is 1360 g/mol. The van der Waals surface area contributed by atoms with Gasteiger partial charge in [0.25, 0.3) is 0 Å². The van der Waals surface area contributed by atoms with Gasteiger partial charge in [0.2, 0.25) is 0 Å². The van der Waals surface area contributed by atoms with E-state index in [1.165, 1.54) is 63.6 Å². The summed E-state index contributed by atoms with van der Waals surface area (Å²) in [5.41, 5.74) is 0. The van der Waals surface area contributed by atoms with Crippen molar-refractivity contribution in [3.05, 3.63) is 285 Å². The van der Waals surface area contributed by atoms with E-state index in [0.717, 1.165) is 0 Å². The van der Waals surface area contributed by atoms with Crippen molar-refractivity contribution in [1.29, 1.82) is 0 Å². The summed E-state index contributed by atoms with van der Waals surface area (Å²) in [6.07, 6.45) is 0. The summed E-state index contributed by atoms with van der Waals surface area (Å²) in [5.74, 6) is 0. The van der Waals surface area contributed by atoms with Crippen LogP contribution in [0.15, 0.2) is 349 Å². The summed E-state index contributed by atoms with van der Waals surface area (Å²) < 4.78 is 148. The smallest absolute Gasteiger partial charge is 0.166 e. The Morgan fingerprint density at radius 2 is 0.291 bits per heavy atom. The molecule has 0 heterocycles. The van der Waals surface area contributed by atoms with Gasteiger partial charge < -0.3 is 14.1 Å². The molecule has 0 amide bonds. The summed E-state index contributed by atoms with van der Waals surface area (Å²) in [4.78, 5) is 17.1. The minimum absolute atomic E-state index is 0. The molecule has 0 aliphatic carbocycles. The van der Waals surface area contributed by atoms with Gasteiger partial charge in [-0.15, -0.1) is 0 Å². The molecule has 0 N–H and O–H groups in total. The minimum atomic E-state index is -8.55. The summed E-state index contributed by atoms with van der Waals surface area (Å²) in [7, 11) is -26.0. The van der Waals surface area contributed by atoms with Gasteiger partial charge in [-0.25, -0.2) is 0 Å². The molecule has 0 fully saturated rings. The molecule has 0 spiro atoms. The van der Waals surface area contributed by atoms with Crippen LogP contribution in [-0.4, -0.2) is 0 Å². The van der Waals surface area contributed by atoms with Crippen LogP contribution in [0.3, 0.4) is 0 Å². The van der Waals surface area contributed by atoms with E-state index in [4.69, 9.17) is 0 Å². The van der Waals surface area contributed by atoms with Crippen LogP contribution in [0.25, 0.3) is 0 Å². The molecular weight excluding hydrogens is 1320 g/mol. The molecule has 0 unspecified atom stereocenters. The van der Waals surface area contributed by atoms with Crippen molar-refractivity contribution in [3.8, 4) is 0 Å². The summed E-state index contributed by atoms with van der Waals surface area (Å²) in [6, 6.07) is 103. The fourth-order valence-electron chi connectivity index (χ4n) is 7.26. The Morgan fingerprint density at radius 3 is 0.442 bits per heavy atom. The Morgan fingerprint density at radius 1 is 0.174 bits per heavy atom. The van der Waals surface area contributed by atoms with Crippen LogP contribution in [0.4, 0.5) is 63.0 Å². The van der Waals surface area contributed by atoms with Crippen molar-refractivity contribution < 1.29 is 77.1 Å². The van der Waals surface area contributed by atoms with E-state index in [0.29, 0.717) is 0 Å². The predicted molar refractivity (Wildman–Crippen MR) is 317 cm³/mol. The summed E-state index contributed by atoms with van der Waals surface area (Å²) in [6.45, 7) is 0. The molecule has 458 valence electrons. The maximum absolute atomic E-state index is 9.84. The van der Waals surface area contributed by atoms with Crippen LogP contribution >= 0.6 is 48.0 Å². The van der Waals surface area contributed by atoms with Crippen molar-refractivity contribution in [1.82, 2.24) is 0 Å². The van der Waals surface area contributed by atoms with Gasteiger partial charge in [0.1, 0.15) is 0 Å². The molecule has 0 bridgehead atoms. The molecule has 0 radical (unpaired) electrons. The summed E-state index contributed by atoms with van der Waals surface area (Å²) in [5, 5.41) is 0. The van der Waals surface area contributed by atoms with E-state index in [9.17, 15) is 63.0 Å². The first-order chi connectivity index (χ1) is 39.0. The van der Waals surface area contributed by atoms with Crippen LogP contribution in [0.1, 0.15) is 0 Å². The molecule has 0 aliphatic heterocycles. The Balaban J connectivity index is 0.000000354. The number of rotatable bonds is 13. The summed E-state index contributed by atoms with van der Waals surface area (Å²) >= 11 is 3.62. The predicted octanol–water partition coefficient (Wildman–Crippen LogP) is 16.9. The van der Waals surface area contributed by atoms with Gasteiger partial charge in [0.15, 0.2) is 44.1 Å². The standard InChI is InChI=1S/C36H28S3.C24H19S2.3F5P.3FH/c1-5-13-31(14-6-1)38(32-15-7-2-8-16-32)35-25-21-29(22-26-35)37-30-23-27-36(28-24-30)39(33-17-9-3-10-18-33)34-19-11-4-12-20-34;1-4-10-20(11-5-1)25-21-16-18-24(19-17-21)26(22-12-6-2-7-13-22)23-14-8-3-9-15-23;3*1-6(2,3,4)5;;;/h1-28H;1-19H;;;;3*1H/q+2;+1;;;;;;/p-3. The molecule has 0 atom stereocenters. The average Bonchev–Trinajstić information content (AvgIpc) is 3.32. The molecule has 10 aromatic rings. The Bertz CT molecular complexity index is 3160. The quantitative estimate of drug-likeness (QED) is 0.0641. The number of hydrogen-bond acceptors (Lipinski definition) is 2. The molecule has 10 aromatic carbocycles. The SMILES string of the molecule is FP(F)(F)(F)F.FP(F)(F)(F)F.FP(F)(F)(F)F.[F-].[F-].[F-].c1ccc(Sc2ccc([S+](c3ccccc3)c3ccccc3)cc2)cc1.c1ccc([S+](c2ccccc2)c2ccc(Sc3ccc([S+](c4ccccc4)c4ccccc4)cc3)cc2)cc1. The van der Waals surface area contributed by atoms with Gasteiger partial charge >= 0.3 is 87.4 Å². The second-order valence-electron chi connectivity index (χ2n) is 16.6. The van der Waals surface area contributed by atoms with Crippen molar-refractivity contribution in [2.75, 3.05) is 0 Å². The maximum Gasteiger partial charge on any atom is 0.166 e. The Kier molecular flexibility index (Phi) is 28.3. The van der Waals surface area contributed by atoms with Crippen LogP contribution in [0.2, 0.25) is 0 Å². The second-order valence-corrected chi connectivity index (χ2v) is 28.9. The fraction of sp³-hybridized carbons (Fsp3) is 0. The van der Waals surface area contributed by atoms with E-state index < -0.39 is 24.5 Å². The normalized spacial score (nSPS) is 12.3. The van der Waals surface area contributed by atoms with E-state index in [-0.39, 0.29) is 46.8 Å². The Labute approximate surface area is 503 Å². The first-order valence-corrected chi connectivity index (χ1v) is 34.4. The molecule has 0 nitrogen and oxygen atoms in total. The molecule has 26 heteroatoms. The minimum Gasteiger partial charge on any atom is -1.00 e. The van der Waals surface area contributed by atoms with Crippen LogP contribution in [0.5, 0.6) is 0 Å². The molecule has 0 aromatic heterocycles. The van der Waals surface area contributed by atoms with E-state index >= 15 is 0 Å². The molecule has 0 aliphatic rings. The second kappa shape index (κ2) is 32.8. The number of benzene rings is 10. The van der Waals surface area contributed by atoms with E-state index in [1.54, 1.807) is 11.8 Å². The third-order valence-electron chi connectivity index (χ3n) is 10.3. The zero-order valence-corrected chi connectivity index (χ0v) is 50.6. The fourth-order valence-corrected chi connectivity index (χ4v) is 15.2. The largest absolute Gasteiger partial charge is 1.00 e. The first kappa shape index (κ1) is 74.2. The van der Waals surface area contributed by atoms with Gasteiger partial charge in [-0.1, -0.05) is 151 Å². The van der Waals surface area contributed by atoms with Gasteiger partial charge in [-0.3, -0.25) is 0 Å². The van der Waals surface area contributed by atoms with Crippen LogP contribution < -0.4 is 14.1 Å². The van der Waals surface area contributed by atoms with Gasteiger partial charge in [-0.05, 0) is 158 Å². The molecule has 86 heavy (non-hydrogen) atoms. The topological polar surface area (TPSA) is 0 Å². The van der Waals surface area contributed by atoms with Gasteiger partial charge in [0.05, 0.1) is 32.7 Å². The zero-order chi connectivity index (χ0) is 60.2. The molecular formula is C60H47F18P3S5. The maximum atomic E-state index is 9.84.